The van der Waals surface area contributed by atoms with Gasteiger partial charge >= 0.3 is 5.97 Å². The smallest absolute Gasteiger partial charge is 0.341 e. The summed E-state index contributed by atoms with van der Waals surface area (Å²) in [5.41, 5.74) is 2.33. The maximum Gasteiger partial charge on any atom is 0.341 e. The van der Waals surface area contributed by atoms with Gasteiger partial charge in [-0.2, -0.15) is 0 Å². The lowest BCUT2D eigenvalue weighted by Crippen LogP contribution is -2.13. The zero-order valence-corrected chi connectivity index (χ0v) is 16.8. The molecule has 0 spiro atoms. The number of nitrogens with one attached hydrogen (secondary N) is 1. The van der Waals surface area contributed by atoms with Gasteiger partial charge in [-0.05, 0) is 55.9 Å². The number of ether oxygens (including phenoxy) is 1. The first-order valence-electron chi connectivity index (χ1n) is 9.15. The van der Waals surface area contributed by atoms with Crippen LogP contribution in [0.15, 0.2) is 30.3 Å². The zero-order chi connectivity index (χ0) is 19.2. The number of thiophene rings is 1. The van der Waals surface area contributed by atoms with Gasteiger partial charge in [0.25, 0.3) is 0 Å². The number of esters is 1. The number of halogens is 1. The molecule has 1 amide bonds. The van der Waals surface area contributed by atoms with Crippen molar-refractivity contribution in [1.82, 2.24) is 0 Å². The lowest BCUT2D eigenvalue weighted by Gasteiger charge is -2.07. The van der Waals surface area contributed by atoms with Gasteiger partial charge in [0.1, 0.15) is 5.00 Å². The number of anilines is 1. The Kier molecular flexibility index (Phi) is 6.69. The molecule has 1 heterocycles. The summed E-state index contributed by atoms with van der Waals surface area (Å²) in [6, 6.07) is 7.31. The van der Waals surface area contributed by atoms with Crippen LogP contribution in [0.1, 0.15) is 52.5 Å². The summed E-state index contributed by atoms with van der Waals surface area (Å²) in [7, 11) is 0. The Morgan fingerprint density at radius 2 is 2.00 bits per heavy atom. The number of benzene rings is 1. The molecule has 1 N–H and O–H groups in total. The van der Waals surface area contributed by atoms with Crippen molar-refractivity contribution < 1.29 is 14.3 Å². The summed E-state index contributed by atoms with van der Waals surface area (Å²) >= 11 is 7.60. The first-order valence-corrected chi connectivity index (χ1v) is 10.3. The van der Waals surface area contributed by atoms with Gasteiger partial charge in [0, 0.05) is 16.0 Å². The maximum absolute atomic E-state index is 12.5. The van der Waals surface area contributed by atoms with Crippen molar-refractivity contribution in [2.24, 2.45) is 0 Å². The topological polar surface area (TPSA) is 55.4 Å². The van der Waals surface area contributed by atoms with Crippen LogP contribution in [0.5, 0.6) is 0 Å². The first-order chi connectivity index (χ1) is 13.1. The zero-order valence-electron chi connectivity index (χ0n) is 15.2. The van der Waals surface area contributed by atoms with Crippen LogP contribution in [0.25, 0.3) is 6.08 Å². The molecule has 142 valence electrons. The average Bonchev–Trinajstić information content (AvgIpc) is 2.82. The van der Waals surface area contributed by atoms with Crippen molar-refractivity contribution in [1.29, 1.82) is 0 Å². The monoisotopic (exact) mass is 403 g/mol. The molecular weight excluding hydrogens is 382 g/mol. The van der Waals surface area contributed by atoms with Crippen LogP contribution in [0.2, 0.25) is 5.02 Å². The summed E-state index contributed by atoms with van der Waals surface area (Å²) in [4.78, 5) is 26.1. The molecule has 0 fully saturated rings. The van der Waals surface area contributed by atoms with Gasteiger partial charge in [-0.25, -0.2) is 4.79 Å². The third-order valence-corrected chi connectivity index (χ3v) is 6.01. The van der Waals surface area contributed by atoms with Crippen molar-refractivity contribution in [3.8, 4) is 0 Å². The van der Waals surface area contributed by atoms with Crippen LogP contribution in [-0.4, -0.2) is 18.5 Å². The Balaban J connectivity index is 1.84. The van der Waals surface area contributed by atoms with E-state index in [-0.39, 0.29) is 11.9 Å². The second kappa shape index (κ2) is 9.20. The van der Waals surface area contributed by atoms with Gasteiger partial charge in [0.2, 0.25) is 5.91 Å². The van der Waals surface area contributed by atoms with E-state index in [0.717, 1.165) is 43.2 Å². The first kappa shape index (κ1) is 19.6. The van der Waals surface area contributed by atoms with Crippen LogP contribution in [0.3, 0.4) is 0 Å². The van der Waals surface area contributed by atoms with E-state index in [1.807, 2.05) is 18.2 Å². The lowest BCUT2D eigenvalue weighted by atomic mass is 10.1. The SMILES string of the molecule is CCOC(=O)c1c(NC(=O)C=Cc2ccccc2Cl)sc2c1CCCCC2. The molecule has 6 heteroatoms. The van der Waals surface area contributed by atoms with Gasteiger partial charge in [0.05, 0.1) is 12.2 Å². The number of amides is 1. The maximum atomic E-state index is 12.5. The molecule has 0 saturated heterocycles. The minimum Gasteiger partial charge on any atom is -0.462 e. The Labute approximate surface area is 168 Å². The standard InChI is InChI=1S/C21H22ClNO3S/c1-2-26-21(25)19-15-9-4-3-5-11-17(15)27-20(19)23-18(24)13-12-14-8-6-7-10-16(14)22/h6-8,10,12-13H,2-5,9,11H2,1H3,(H,23,24). The summed E-state index contributed by atoms with van der Waals surface area (Å²) in [5, 5.41) is 4.02. The van der Waals surface area contributed by atoms with E-state index in [2.05, 4.69) is 5.32 Å². The molecule has 0 bridgehead atoms. The van der Waals surface area contributed by atoms with E-state index in [1.54, 1.807) is 19.1 Å². The fourth-order valence-electron chi connectivity index (χ4n) is 3.18. The quantitative estimate of drug-likeness (QED) is 0.407. The molecule has 4 nitrogen and oxygen atoms in total. The molecule has 1 aliphatic rings. The number of rotatable bonds is 5. The van der Waals surface area contributed by atoms with E-state index < -0.39 is 0 Å². The molecule has 2 aromatic rings. The number of carbonyl (C=O) groups excluding carboxylic acids is 2. The second-order valence-corrected chi connectivity index (χ2v) is 7.85. The highest BCUT2D eigenvalue weighted by molar-refractivity contribution is 7.17. The minimum absolute atomic E-state index is 0.295. The van der Waals surface area contributed by atoms with E-state index in [4.69, 9.17) is 16.3 Å². The Morgan fingerprint density at radius 1 is 1.22 bits per heavy atom. The highest BCUT2D eigenvalue weighted by atomic mass is 35.5. The molecule has 0 atom stereocenters. The second-order valence-electron chi connectivity index (χ2n) is 6.33. The van der Waals surface area contributed by atoms with Crippen LogP contribution in [-0.2, 0) is 22.4 Å². The van der Waals surface area contributed by atoms with Gasteiger partial charge in [-0.15, -0.1) is 11.3 Å². The molecule has 0 unspecified atom stereocenters. The predicted molar refractivity (Wildman–Crippen MR) is 111 cm³/mol. The number of aryl methyl sites for hydroxylation is 1. The molecule has 0 saturated carbocycles. The molecule has 0 radical (unpaired) electrons. The molecule has 3 rings (SSSR count). The number of hydrogen-bond acceptors (Lipinski definition) is 4. The van der Waals surface area contributed by atoms with Crippen LogP contribution < -0.4 is 5.32 Å². The van der Waals surface area contributed by atoms with E-state index >= 15 is 0 Å². The molecule has 1 aliphatic carbocycles. The van der Waals surface area contributed by atoms with Crippen molar-refractivity contribution in [3.05, 3.63) is 56.9 Å². The molecule has 0 aliphatic heterocycles. The lowest BCUT2D eigenvalue weighted by molar-refractivity contribution is -0.111. The van der Waals surface area contributed by atoms with Gasteiger partial charge in [-0.3, -0.25) is 4.79 Å². The predicted octanol–water partition coefficient (Wildman–Crippen LogP) is 5.50. The molecular formula is C21H22ClNO3S. The Bertz CT molecular complexity index is 872. The molecule has 1 aromatic carbocycles. The largest absolute Gasteiger partial charge is 0.462 e. The van der Waals surface area contributed by atoms with Crippen molar-refractivity contribution in [2.45, 2.75) is 39.0 Å². The highest BCUT2D eigenvalue weighted by Crippen LogP contribution is 2.38. The number of carbonyl (C=O) groups is 2. The Hall–Kier alpha value is -2.11. The van der Waals surface area contributed by atoms with Gasteiger partial charge < -0.3 is 10.1 Å². The van der Waals surface area contributed by atoms with Crippen molar-refractivity contribution >= 4 is 45.9 Å². The van der Waals surface area contributed by atoms with E-state index in [0.29, 0.717) is 22.2 Å². The molecule has 1 aromatic heterocycles. The normalized spacial score (nSPS) is 13.9. The summed E-state index contributed by atoms with van der Waals surface area (Å²) in [5.74, 6) is -0.654. The van der Waals surface area contributed by atoms with Crippen molar-refractivity contribution in [3.63, 3.8) is 0 Å². The summed E-state index contributed by atoms with van der Waals surface area (Å²) in [6.07, 6.45) is 8.21. The number of fused-ring (bicyclic) bond motifs is 1. The Morgan fingerprint density at radius 3 is 2.78 bits per heavy atom. The van der Waals surface area contributed by atoms with Crippen LogP contribution >= 0.6 is 22.9 Å². The summed E-state index contributed by atoms with van der Waals surface area (Å²) < 4.78 is 5.24. The van der Waals surface area contributed by atoms with Crippen molar-refractivity contribution in [2.75, 3.05) is 11.9 Å². The number of hydrogen-bond donors (Lipinski definition) is 1. The van der Waals surface area contributed by atoms with Crippen LogP contribution in [0, 0.1) is 0 Å². The fraction of sp³-hybridized carbons (Fsp3) is 0.333. The van der Waals surface area contributed by atoms with Crippen LogP contribution in [0.4, 0.5) is 5.00 Å². The van der Waals surface area contributed by atoms with E-state index in [1.165, 1.54) is 22.3 Å². The third kappa shape index (κ3) is 4.79. The third-order valence-electron chi connectivity index (χ3n) is 4.46. The average molecular weight is 404 g/mol. The molecule has 27 heavy (non-hydrogen) atoms. The minimum atomic E-state index is -0.359. The van der Waals surface area contributed by atoms with Gasteiger partial charge in [0.15, 0.2) is 0 Å². The van der Waals surface area contributed by atoms with E-state index in [9.17, 15) is 9.59 Å². The summed E-state index contributed by atoms with van der Waals surface area (Å²) in [6.45, 7) is 2.09. The fourth-order valence-corrected chi connectivity index (χ4v) is 4.66. The van der Waals surface area contributed by atoms with Gasteiger partial charge in [-0.1, -0.05) is 36.2 Å². The highest BCUT2D eigenvalue weighted by Gasteiger charge is 2.26.